The van der Waals surface area contributed by atoms with Crippen LogP contribution in [0.5, 0.6) is 5.75 Å². The summed E-state index contributed by atoms with van der Waals surface area (Å²) in [5.74, 6) is -0.370. The zero-order valence-electron chi connectivity index (χ0n) is 15.0. The van der Waals surface area contributed by atoms with Crippen LogP contribution in [0, 0.1) is 0 Å². The molecule has 0 saturated carbocycles. The highest BCUT2D eigenvalue weighted by Gasteiger charge is 2.10. The third-order valence-electron chi connectivity index (χ3n) is 4.23. The minimum Gasteiger partial charge on any atom is -0.545 e. The molecular formula is C22H19Br2NO3. The maximum atomic E-state index is 10.8. The molecule has 4 nitrogen and oxygen atoms in total. The predicted octanol–water partition coefficient (Wildman–Crippen LogP) is 3.42. The number of benzene rings is 3. The summed E-state index contributed by atoms with van der Waals surface area (Å²) < 4.78 is 7.76. The number of ether oxygens (including phenoxy) is 1. The second-order valence-corrected chi connectivity index (χ2v) is 8.05. The Morgan fingerprint density at radius 1 is 0.857 bits per heavy atom. The van der Waals surface area contributed by atoms with Gasteiger partial charge in [-0.05, 0) is 55.1 Å². The normalized spacial score (nSPS) is 10.6. The number of halogens is 2. The monoisotopic (exact) mass is 503 g/mol. The first-order valence-corrected chi connectivity index (χ1v) is 10.4. The van der Waals surface area contributed by atoms with Crippen molar-refractivity contribution in [3.63, 3.8) is 0 Å². The molecule has 3 aromatic carbocycles. The zero-order valence-corrected chi connectivity index (χ0v) is 18.2. The SMILES string of the molecule is O=C([O-])c1ccc(C[NH2+]Cc2cc(Br)c(OCc3ccccc3)c(Br)c2)cc1. The summed E-state index contributed by atoms with van der Waals surface area (Å²) >= 11 is 7.20. The van der Waals surface area contributed by atoms with Crippen LogP contribution < -0.4 is 15.2 Å². The molecule has 28 heavy (non-hydrogen) atoms. The Labute approximate surface area is 180 Å². The molecule has 0 radical (unpaired) electrons. The van der Waals surface area contributed by atoms with E-state index in [1.807, 2.05) is 42.5 Å². The van der Waals surface area contributed by atoms with Gasteiger partial charge in [0, 0.05) is 11.1 Å². The average molecular weight is 505 g/mol. The number of carboxylic acids is 1. The molecule has 0 aliphatic rings. The molecule has 0 bridgehead atoms. The van der Waals surface area contributed by atoms with Crippen molar-refractivity contribution < 1.29 is 20.0 Å². The molecule has 0 fully saturated rings. The lowest BCUT2D eigenvalue weighted by molar-refractivity contribution is -0.686. The topological polar surface area (TPSA) is 66.0 Å². The van der Waals surface area contributed by atoms with Crippen LogP contribution in [0.3, 0.4) is 0 Å². The number of hydrogen-bond donors (Lipinski definition) is 1. The molecular weight excluding hydrogens is 486 g/mol. The van der Waals surface area contributed by atoms with Crippen molar-refractivity contribution in [1.82, 2.24) is 0 Å². The van der Waals surface area contributed by atoms with Gasteiger partial charge in [0.1, 0.15) is 25.4 Å². The van der Waals surface area contributed by atoms with Crippen molar-refractivity contribution in [2.45, 2.75) is 19.7 Å². The molecule has 0 aliphatic heterocycles. The lowest BCUT2D eigenvalue weighted by atomic mass is 10.1. The van der Waals surface area contributed by atoms with Crippen molar-refractivity contribution in [3.8, 4) is 5.75 Å². The molecule has 6 heteroatoms. The summed E-state index contributed by atoms with van der Waals surface area (Å²) in [7, 11) is 0. The maximum absolute atomic E-state index is 10.8. The van der Waals surface area contributed by atoms with E-state index in [2.05, 4.69) is 49.3 Å². The van der Waals surface area contributed by atoms with Crippen LogP contribution in [0.25, 0.3) is 0 Å². The Kier molecular flexibility index (Phi) is 7.25. The fourth-order valence-electron chi connectivity index (χ4n) is 2.78. The second-order valence-electron chi connectivity index (χ2n) is 6.34. The van der Waals surface area contributed by atoms with Crippen LogP contribution in [0.1, 0.15) is 27.0 Å². The standard InChI is InChI=1S/C22H19Br2NO3/c23-19-10-17(13-25-12-15-6-8-18(9-7-15)22(26)27)11-20(24)21(19)28-14-16-4-2-1-3-5-16/h1-11,25H,12-14H2,(H,26,27). The predicted molar refractivity (Wildman–Crippen MR) is 113 cm³/mol. The molecule has 3 rings (SSSR count). The number of quaternary nitrogens is 1. The third-order valence-corrected chi connectivity index (χ3v) is 5.41. The van der Waals surface area contributed by atoms with Gasteiger partial charge in [-0.25, -0.2) is 0 Å². The number of carbonyl (C=O) groups is 1. The molecule has 0 aliphatic carbocycles. The lowest BCUT2D eigenvalue weighted by Crippen LogP contribution is -2.80. The van der Waals surface area contributed by atoms with E-state index in [0.29, 0.717) is 6.61 Å². The Balaban J connectivity index is 1.57. The Bertz CT molecular complexity index is 921. The van der Waals surface area contributed by atoms with Gasteiger partial charge in [0.05, 0.1) is 14.9 Å². The van der Waals surface area contributed by atoms with Crippen molar-refractivity contribution >= 4 is 37.8 Å². The molecule has 0 unspecified atom stereocenters. The van der Waals surface area contributed by atoms with Gasteiger partial charge < -0.3 is 20.0 Å². The van der Waals surface area contributed by atoms with E-state index in [1.54, 1.807) is 12.1 Å². The number of carboxylic acid groups (broad SMARTS) is 1. The second kappa shape index (κ2) is 9.87. The summed E-state index contributed by atoms with van der Waals surface area (Å²) in [4.78, 5) is 10.8. The minimum absolute atomic E-state index is 0.197. The quantitative estimate of drug-likeness (QED) is 0.511. The average Bonchev–Trinajstić information content (AvgIpc) is 2.68. The van der Waals surface area contributed by atoms with Crippen molar-refractivity contribution in [3.05, 3.63) is 97.9 Å². The number of carbonyl (C=O) groups excluding carboxylic acids is 1. The smallest absolute Gasteiger partial charge is 0.148 e. The molecule has 144 valence electrons. The largest absolute Gasteiger partial charge is 0.545 e. The first kappa shape index (κ1) is 20.6. The van der Waals surface area contributed by atoms with Crippen LogP contribution in [0.4, 0.5) is 0 Å². The molecule has 0 heterocycles. The van der Waals surface area contributed by atoms with Crippen molar-refractivity contribution in [1.29, 1.82) is 0 Å². The summed E-state index contributed by atoms with van der Waals surface area (Å²) in [5.41, 5.74) is 3.52. The van der Waals surface area contributed by atoms with Gasteiger partial charge in [0.2, 0.25) is 0 Å². The van der Waals surface area contributed by atoms with Gasteiger partial charge >= 0.3 is 0 Å². The van der Waals surface area contributed by atoms with Crippen LogP contribution in [-0.2, 0) is 19.7 Å². The third kappa shape index (κ3) is 5.67. The Morgan fingerprint density at radius 3 is 2.07 bits per heavy atom. The fraction of sp³-hybridized carbons (Fsp3) is 0.136. The van der Waals surface area contributed by atoms with Crippen molar-refractivity contribution in [2.75, 3.05) is 0 Å². The van der Waals surface area contributed by atoms with Gasteiger partial charge in [-0.1, -0.05) is 54.6 Å². The van der Waals surface area contributed by atoms with E-state index in [0.717, 1.165) is 44.5 Å². The maximum Gasteiger partial charge on any atom is 0.148 e. The van der Waals surface area contributed by atoms with E-state index in [1.165, 1.54) is 0 Å². The van der Waals surface area contributed by atoms with Crippen LogP contribution in [-0.4, -0.2) is 5.97 Å². The minimum atomic E-state index is -1.15. The first-order valence-electron chi connectivity index (χ1n) is 8.79. The lowest BCUT2D eigenvalue weighted by Gasteiger charge is -2.12. The summed E-state index contributed by atoms with van der Waals surface area (Å²) in [5, 5.41) is 13.0. The number of aromatic carboxylic acids is 1. The summed E-state index contributed by atoms with van der Waals surface area (Å²) in [6.07, 6.45) is 0. The van der Waals surface area contributed by atoms with Gasteiger partial charge in [0.15, 0.2) is 0 Å². The highest BCUT2D eigenvalue weighted by molar-refractivity contribution is 9.11. The fourth-order valence-corrected chi connectivity index (χ4v) is 4.29. The number of rotatable bonds is 8. The number of nitrogens with two attached hydrogens (primary N) is 1. The Hall–Kier alpha value is -2.15. The number of hydrogen-bond acceptors (Lipinski definition) is 3. The van der Waals surface area contributed by atoms with E-state index >= 15 is 0 Å². The highest BCUT2D eigenvalue weighted by atomic mass is 79.9. The zero-order chi connectivity index (χ0) is 19.9. The highest BCUT2D eigenvalue weighted by Crippen LogP contribution is 2.35. The van der Waals surface area contributed by atoms with Gasteiger partial charge in [-0.3, -0.25) is 0 Å². The summed E-state index contributed by atoms with van der Waals surface area (Å²) in [6.45, 7) is 2.05. The van der Waals surface area contributed by atoms with E-state index in [-0.39, 0.29) is 5.56 Å². The molecule has 0 saturated heterocycles. The molecule has 0 aromatic heterocycles. The van der Waals surface area contributed by atoms with E-state index < -0.39 is 5.97 Å². The van der Waals surface area contributed by atoms with Crippen molar-refractivity contribution in [2.24, 2.45) is 0 Å². The molecule has 3 aromatic rings. The van der Waals surface area contributed by atoms with Gasteiger partial charge in [-0.15, -0.1) is 0 Å². The molecule has 0 amide bonds. The van der Waals surface area contributed by atoms with Crippen LogP contribution in [0.15, 0.2) is 75.7 Å². The van der Waals surface area contributed by atoms with Gasteiger partial charge in [-0.2, -0.15) is 0 Å². The van der Waals surface area contributed by atoms with Crippen LogP contribution in [0.2, 0.25) is 0 Å². The van der Waals surface area contributed by atoms with Crippen LogP contribution >= 0.6 is 31.9 Å². The summed E-state index contributed by atoms with van der Waals surface area (Å²) in [6, 6.07) is 20.9. The molecule has 2 N–H and O–H groups in total. The Morgan fingerprint density at radius 2 is 1.46 bits per heavy atom. The molecule has 0 atom stereocenters. The van der Waals surface area contributed by atoms with E-state index in [4.69, 9.17) is 4.74 Å². The van der Waals surface area contributed by atoms with E-state index in [9.17, 15) is 9.90 Å². The van der Waals surface area contributed by atoms with Gasteiger partial charge in [0.25, 0.3) is 0 Å². The molecule has 0 spiro atoms. The first-order chi connectivity index (χ1) is 13.5.